The van der Waals surface area contributed by atoms with E-state index >= 15 is 0 Å². The minimum Gasteiger partial charge on any atom is -0.497 e. The van der Waals surface area contributed by atoms with Gasteiger partial charge in [-0.25, -0.2) is 4.31 Å². The normalized spacial score (nSPS) is 10.8. The zero-order valence-corrected chi connectivity index (χ0v) is 24.5. The molecule has 0 unspecified atom stereocenters. The van der Waals surface area contributed by atoms with Crippen LogP contribution in [-0.4, -0.2) is 18.0 Å². The number of hydrogen-bond acceptors (Lipinski definition) is 3. The van der Waals surface area contributed by atoms with Crippen LogP contribution >= 0.6 is 11.9 Å². The summed E-state index contributed by atoms with van der Waals surface area (Å²) in [4.78, 5) is 1.24. The second-order valence-electron chi connectivity index (χ2n) is 9.87. The number of rotatable bonds is 14. The van der Waals surface area contributed by atoms with E-state index in [1.165, 1.54) is 60.1 Å². The van der Waals surface area contributed by atoms with Crippen molar-refractivity contribution in [3.05, 3.63) is 107 Å². The van der Waals surface area contributed by atoms with E-state index in [1.54, 1.807) is 7.11 Å². The van der Waals surface area contributed by atoms with E-state index < -0.39 is 0 Å². The molecule has 0 atom stereocenters. The summed E-state index contributed by atoms with van der Waals surface area (Å²) in [7, 11) is 1.68. The van der Waals surface area contributed by atoms with Crippen LogP contribution in [-0.2, 0) is 17.7 Å². The van der Waals surface area contributed by atoms with Crippen molar-refractivity contribution in [2.75, 3.05) is 13.7 Å². The van der Waals surface area contributed by atoms with Crippen LogP contribution < -0.4 is 0 Å². The molecule has 0 heterocycles. The summed E-state index contributed by atoms with van der Waals surface area (Å²) in [6.07, 6.45) is 8.61. The average Bonchev–Trinajstić information content (AvgIpc) is 2.95. The van der Waals surface area contributed by atoms with Gasteiger partial charge in [0.1, 0.15) is 5.76 Å². The largest absolute Gasteiger partial charge is 0.497 e. The SMILES string of the molecule is C=C(OC)c1cc(CN(CCCCCC)Sc2ccc(C#Cc3ccc(CCCC)cc3)cc2)ccc1C. The summed E-state index contributed by atoms with van der Waals surface area (Å²) >= 11 is 1.83. The number of nitrogens with zero attached hydrogens (tertiary/aromatic N) is 1. The number of aryl methyl sites for hydroxylation is 2. The second kappa shape index (κ2) is 16.1. The summed E-state index contributed by atoms with van der Waals surface area (Å²) in [5, 5.41) is 0. The Bertz CT molecular complexity index is 1200. The molecule has 0 aliphatic heterocycles. The van der Waals surface area contributed by atoms with Crippen LogP contribution in [0.3, 0.4) is 0 Å². The monoisotopic (exact) mass is 525 g/mol. The first-order valence-corrected chi connectivity index (χ1v) is 14.8. The third-order valence-electron chi connectivity index (χ3n) is 6.68. The first kappa shape index (κ1) is 29.6. The summed E-state index contributed by atoms with van der Waals surface area (Å²) in [5.41, 5.74) is 7.04. The van der Waals surface area contributed by atoms with Crippen molar-refractivity contribution in [2.45, 2.75) is 77.2 Å². The van der Waals surface area contributed by atoms with E-state index in [4.69, 9.17) is 4.74 Å². The van der Waals surface area contributed by atoms with E-state index in [1.807, 2.05) is 11.9 Å². The minimum atomic E-state index is 0.718. The van der Waals surface area contributed by atoms with Crippen molar-refractivity contribution >= 4 is 17.7 Å². The van der Waals surface area contributed by atoms with Gasteiger partial charge in [0, 0.05) is 34.7 Å². The molecule has 38 heavy (non-hydrogen) atoms. The first-order chi connectivity index (χ1) is 18.5. The maximum atomic E-state index is 5.42. The fourth-order valence-corrected chi connectivity index (χ4v) is 5.27. The molecular formula is C35H43NOS. The van der Waals surface area contributed by atoms with Gasteiger partial charge in [-0.05, 0) is 97.3 Å². The molecule has 0 saturated carbocycles. The molecular weight excluding hydrogens is 482 g/mol. The zero-order chi connectivity index (χ0) is 27.2. The smallest absolute Gasteiger partial charge is 0.119 e. The number of benzene rings is 3. The second-order valence-corrected chi connectivity index (χ2v) is 11.0. The predicted octanol–water partition coefficient (Wildman–Crippen LogP) is 9.44. The Labute approximate surface area is 235 Å². The molecule has 3 rings (SSSR count). The lowest BCUT2D eigenvalue weighted by molar-refractivity contribution is 0.371. The average molecular weight is 526 g/mol. The maximum Gasteiger partial charge on any atom is 0.119 e. The van der Waals surface area contributed by atoms with Crippen molar-refractivity contribution in [1.82, 2.24) is 4.31 Å². The number of methoxy groups -OCH3 is 1. The molecule has 0 fully saturated rings. The van der Waals surface area contributed by atoms with Crippen LogP contribution in [0.1, 0.15) is 85.8 Å². The molecule has 0 bridgehead atoms. The van der Waals surface area contributed by atoms with Gasteiger partial charge >= 0.3 is 0 Å². The summed E-state index contributed by atoms with van der Waals surface area (Å²) < 4.78 is 7.89. The molecule has 0 N–H and O–H groups in total. The predicted molar refractivity (Wildman–Crippen MR) is 165 cm³/mol. The Morgan fingerprint density at radius 2 is 1.45 bits per heavy atom. The quantitative estimate of drug-likeness (QED) is 0.0900. The Hall–Kier alpha value is -2.93. The van der Waals surface area contributed by atoms with Crippen molar-refractivity contribution in [3.63, 3.8) is 0 Å². The van der Waals surface area contributed by atoms with Crippen LogP contribution in [0.5, 0.6) is 0 Å². The highest BCUT2D eigenvalue weighted by Crippen LogP contribution is 2.27. The zero-order valence-electron chi connectivity index (χ0n) is 23.7. The van der Waals surface area contributed by atoms with Crippen LogP contribution in [0.4, 0.5) is 0 Å². The third-order valence-corrected chi connectivity index (χ3v) is 7.73. The summed E-state index contributed by atoms with van der Waals surface area (Å²) in [6, 6.07) is 23.9. The topological polar surface area (TPSA) is 12.5 Å². The van der Waals surface area contributed by atoms with Gasteiger partial charge in [-0.15, -0.1) is 0 Å². The molecule has 2 nitrogen and oxygen atoms in total. The van der Waals surface area contributed by atoms with Crippen molar-refractivity contribution in [2.24, 2.45) is 0 Å². The van der Waals surface area contributed by atoms with Crippen LogP contribution in [0.2, 0.25) is 0 Å². The number of ether oxygens (including phenoxy) is 1. The van der Waals surface area contributed by atoms with Crippen molar-refractivity contribution in [1.29, 1.82) is 0 Å². The van der Waals surface area contributed by atoms with Gasteiger partial charge in [0.2, 0.25) is 0 Å². The fourth-order valence-electron chi connectivity index (χ4n) is 4.28. The standard InChI is InChI=1S/C35H43NOS/c1-6-8-10-11-25-36(27-33-14-13-28(3)35(26-33)29(4)37-5)38-34-23-21-32(22-24-34)20-19-31-17-15-30(16-18-31)12-9-7-2/h13-18,21-24,26H,4,6-12,25,27H2,1-3,5H3. The highest BCUT2D eigenvalue weighted by Gasteiger charge is 2.11. The minimum absolute atomic E-state index is 0.718. The first-order valence-electron chi connectivity index (χ1n) is 14.0. The van der Waals surface area contributed by atoms with Crippen LogP contribution in [0.25, 0.3) is 5.76 Å². The molecule has 0 aromatic heterocycles. The maximum absolute atomic E-state index is 5.42. The van der Waals surface area contributed by atoms with Gasteiger partial charge in [-0.2, -0.15) is 0 Å². The van der Waals surface area contributed by atoms with Crippen LogP contribution in [0.15, 0.2) is 78.2 Å². The van der Waals surface area contributed by atoms with E-state index in [-0.39, 0.29) is 0 Å². The van der Waals surface area contributed by atoms with Gasteiger partial charge < -0.3 is 4.74 Å². The van der Waals surface area contributed by atoms with Crippen molar-refractivity contribution in [3.8, 4) is 11.8 Å². The Balaban J connectivity index is 1.67. The Morgan fingerprint density at radius 1 is 0.816 bits per heavy atom. The molecule has 3 aromatic carbocycles. The van der Waals surface area contributed by atoms with Crippen LogP contribution in [0, 0.1) is 18.8 Å². The summed E-state index contributed by atoms with van der Waals surface area (Å²) in [5.74, 6) is 7.36. The number of hydrogen-bond donors (Lipinski definition) is 0. The molecule has 200 valence electrons. The van der Waals surface area contributed by atoms with E-state index in [0.717, 1.165) is 42.0 Å². The third kappa shape index (κ3) is 9.75. The van der Waals surface area contributed by atoms with Gasteiger partial charge in [0.25, 0.3) is 0 Å². The molecule has 3 heteroatoms. The molecule has 0 spiro atoms. The highest BCUT2D eigenvalue weighted by atomic mass is 32.2. The molecule has 0 radical (unpaired) electrons. The van der Waals surface area contributed by atoms with E-state index in [0.29, 0.717) is 0 Å². The van der Waals surface area contributed by atoms with Gasteiger partial charge in [-0.3, -0.25) is 0 Å². The van der Waals surface area contributed by atoms with E-state index in [2.05, 4.69) is 110 Å². The molecule has 0 amide bonds. The lowest BCUT2D eigenvalue weighted by Crippen LogP contribution is -2.17. The highest BCUT2D eigenvalue weighted by molar-refractivity contribution is 7.97. The van der Waals surface area contributed by atoms with E-state index in [9.17, 15) is 0 Å². The van der Waals surface area contributed by atoms with Gasteiger partial charge in [0.05, 0.1) is 7.11 Å². The Morgan fingerprint density at radius 3 is 2.08 bits per heavy atom. The van der Waals surface area contributed by atoms with Gasteiger partial charge in [-0.1, -0.05) is 82.2 Å². The lowest BCUT2D eigenvalue weighted by atomic mass is 10.0. The van der Waals surface area contributed by atoms with Crippen molar-refractivity contribution < 1.29 is 4.74 Å². The summed E-state index contributed by atoms with van der Waals surface area (Å²) in [6.45, 7) is 12.6. The Kier molecular flexibility index (Phi) is 12.6. The van der Waals surface area contributed by atoms with Gasteiger partial charge in [0.15, 0.2) is 0 Å². The number of unbranched alkanes of at least 4 members (excludes halogenated alkanes) is 4. The molecule has 0 aliphatic carbocycles. The fraction of sp³-hybridized carbons (Fsp3) is 0.371. The molecule has 0 saturated heterocycles. The molecule has 3 aromatic rings. The lowest BCUT2D eigenvalue weighted by Gasteiger charge is -2.22. The molecule has 0 aliphatic rings.